The van der Waals surface area contributed by atoms with E-state index >= 15 is 0 Å². The van der Waals surface area contributed by atoms with E-state index in [1.807, 2.05) is 0 Å². The van der Waals surface area contributed by atoms with Crippen molar-refractivity contribution in [3.8, 4) is 5.75 Å². The number of ether oxygens (including phenoxy) is 1. The van der Waals surface area contributed by atoms with Gasteiger partial charge in [0.05, 0.1) is 6.04 Å². The summed E-state index contributed by atoms with van der Waals surface area (Å²) < 4.78 is 39.9. The van der Waals surface area contributed by atoms with Gasteiger partial charge in [0.25, 0.3) is 0 Å². The molecule has 0 saturated carbocycles. The number of hydrogen-bond acceptors (Lipinski definition) is 3. The van der Waals surface area contributed by atoms with Crippen molar-refractivity contribution in [3.63, 3.8) is 0 Å². The van der Waals surface area contributed by atoms with Crippen molar-refractivity contribution in [3.05, 3.63) is 29.8 Å². The van der Waals surface area contributed by atoms with E-state index in [4.69, 9.17) is 0 Å². The normalized spacial score (nSPS) is 20.1. The molecule has 1 aromatic carbocycles. The van der Waals surface area contributed by atoms with Gasteiger partial charge in [-0.2, -0.15) is 0 Å². The number of benzene rings is 1. The molecule has 1 heterocycles. The molecular weight excluding hydrogens is 273 g/mol. The molecule has 1 aliphatic heterocycles. The van der Waals surface area contributed by atoms with Crippen molar-refractivity contribution in [2.75, 3.05) is 13.1 Å². The second-order valence-corrected chi connectivity index (χ2v) is 4.55. The molecule has 7 heteroatoms. The summed E-state index contributed by atoms with van der Waals surface area (Å²) in [6.07, 6.45) is -3.40. The second-order valence-electron chi connectivity index (χ2n) is 4.55. The lowest BCUT2D eigenvalue weighted by Crippen LogP contribution is -2.42. The van der Waals surface area contributed by atoms with E-state index in [0.29, 0.717) is 13.0 Å². The Morgan fingerprint density at radius 1 is 1.20 bits per heavy atom. The highest BCUT2D eigenvalue weighted by Gasteiger charge is 2.31. The molecule has 0 bridgehead atoms. The SMILES string of the molecule is O=C1NCCCNC1Cc1ccc(OC(F)(F)F)cc1. The molecule has 0 spiro atoms. The monoisotopic (exact) mass is 288 g/mol. The van der Waals surface area contributed by atoms with Crippen molar-refractivity contribution < 1.29 is 22.7 Å². The molecule has 1 aliphatic rings. The van der Waals surface area contributed by atoms with Gasteiger partial charge in [0.1, 0.15) is 5.75 Å². The maximum atomic E-state index is 12.0. The number of rotatable bonds is 3. The molecule has 20 heavy (non-hydrogen) atoms. The highest BCUT2D eigenvalue weighted by molar-refractivity contribution is 5.82. The molecule has 2 rings (SSSR count). The summed E-state index contributed by atoms with van der Waals surface area (Å²) in [5.41, 5.74) is 0.772. The van der Waals surface area contributed by atoms with Gasteiger partial charge in [-0.05, 0) is 37.1 Å². The van der Waals surface area contributed by atoms with Crippen LogP contribution in [-0.2, 0) is 11.2 Å². The van der Waals surface area contributed by atoms with Gasteiger partial charge < -0.3 is 15.4 Å². The van der Waals surface area contributed by atoms with Crippen LogP contribution in [0.3, 0.4) is 0 Å². The van der Waals surface area contributed by atoms with Crippen molar-refractivity contribution >= 4 is 5.91 Å². The highest BCUT2D eigenvalue weighted by Crippen LogP contribution is 2.23. The van der Waals surface area contributed by atoms with Crippen molar-refractivity contribution in [1.82, 2.24) is 10.6 Å². The molecular formula is C13H15F3N2O2. The van der Waals surface area contributed by atoms with Gasteiger partial charge in [-0.3, -0.25) is 4.79 Å². The van der Waals surface area contributed by atoms with Crippen LogP contribution in [0, 0.1) is 0 Å². The van der Waals surface area contributed by atoms with Crippen LogP contribution in [0.1, 0.15) is 12.0 Å². The van der Waals surface area contributed by atoms with E-state index < -0.39 is 6.36 Å². The average Bonchev–Trinajstić information content (AvgIpc) is 2.56. The number of hydrogen-bond donors (Lipinski definition) is 2. The Kier molecular flexibility index (Phi) is 4.49. The van der Waals surface area contributed by atoms with E-state index in [-0.39, 0.29) is 17.7 Å². The van der Waals surface area contributed by atoms with E-state index in [2.05, 4.69) is 15.4 Å². The minimum atomic E-state index is -4.69. The Bertz CT molecular complexity index is 460. The van der Waals surface area contributed by atoms with E-state index in [9.17, 15) is 18.0 Å². The van der Waals surface area contributed by atoms with Gasteiger partial charge in [0.15, 0.2) is 0 Å². The summed E-state index contributed by atoms with van der Waals surface area (Å²) in [5, 5.41) is 5.89. The number of halogens is 3. The summed E-state index contributed by atoms with van der Waals surface area (Å²) in [5.74, 6) is -0.349. The molecule has 110 valence electrons. The lowest BCUT2D eigenvalue weighted by Gasteiger charge is -2.15. The molecule has 1 saturated heterocycles. The molecule has 4 nitrogen and oxygen atoms in total. The zero-order chi connectivity index (χ0) is 14.6. The molecule has 1 fully saturated rings. The van der Waals surface area contributed by atoms with Crippen LogP contribution in [-0.4, -0.2) is 31.4 Å². The van der Waals surface area contributed by atoms with Crippen LogP contribution in [0.2, 0.25) is 0 Å². The minimum Gasteiger partial charge on any atom is -0.406 e. The fourth-order valence-corrected chi connectivity index (χ4v) is 2.02. The highest BCUT2D eigenvalue weighted by atomic mass is 19.4. The van der Waals surface area contributed by atoms with Crippen molar-refractivity contribution in [2.45, 2.75) is 25.2 Å². The van der Waals surface area contributed by atoms with Crippen molar-refractivity contribution in [2.24, 2.45) is 0 Å². The Balaban J connectivity index is 1.97. The van der Waals surface area contributed by atoms with Gasteiger partial charge in [-0.25, -0.2) is 0 Å². The first-order valence-corrected chi connectivity index (χ1v) is 6.30. The molecule has 0 aromatic heterocycles. The van der Waals surface area contributed by atoms with Crippen LogP contribution in [0.25, 0.3) is 0 Å². The molecule has 1 unspecified atom stereocenters. The number of carbonyl (C=O) groups excluding carboxylic acids is 1. The van der Waals surface area contributed by atoms with Crippen LogP contribution in [0.5, 0.6) is 5.75 Å². The Morgan fingerprint density at radius 2 is 1.90 bits per heavy atom. The largest absolute Gasteiger partial charge is 0.573 e. The fourth-order valence-electron chi connectivity index (χ4n) is 2.02. The zero-order valence-electron chi connectivity index (χ0n) is 10.7. The van der Waals surface area contributed by atoms with E-state index in [0.717, 1.165) is 18.5 Å². The predicted molar refractivity (Wildman–Crippen MR) is 66.2 cm³/mol. The fraction of sp³-hybridized carbons (Fsp3) is 0.462. The first-order chi connectivity index (χ1) is 9.44. The lowest BCUT2D eigenvalue weighted by atomic mass is 10.1. The third kappa shape index (κ3) is 4.41. The number of nitrogens with one attached hydrogen (secondary N) is 2. The van der Waals surface area contributed by atoms with Crippen LogP contribution >= 0.6 is 0 Å². The van der Waals surface area contributed by atoms with Gasteiger partial charge >= 0.3 is 6.36 Å². The third-order valence-corrected chi connectivity index (χ3v) is 2.96. The minimum absolute atomic E-state index is 0.0851. The first-order valence-electron chi connectivity index (χ1n) is 6.30. The number of alkyl halides is 3. The molecule has 1 atom stereocenters. The number of carbonyl (C=O) groups is 1. The zero-order valence-corrected chi connectivity index (χ0v) is 10.7. The lowest BCUT2D eigenvalue weighted by molar-refractivity contribution is -0.274. The summed E-state index contributed by atoms with van der Waals surface area (Å²) in [4.78, 5) is 11.7. The second kappa shape index (κ2) is 6.13. The van der Waals surface area contributed by atoms with Crippen molar-refractivity contribution in [1.29, 1.82) is 0 Å². The quantitative estimate of drug-likeness (QED) is 0.888. The standard InChI is InChI=1S/C13H15F3N2O2/c14-13(15,16)20-10-4-2-9(3-5-10)8-11-12(19)18-7-1-6-17-11/h2-5,11,17H,1,6-8H2,(H,18,19). The summed E-state index contributed by atoms with van der Waals surface area (Å²) in [7, 11) is 0. The van der Waals surface area contributed by atoms with Gasteiger partial charge in [-0.1, -0.05) is 12.1 Å². The molecule has 2 N–H and O–H groups in total. The average molecular weight is 288 g/mol. The van der Waals surface area contributed by atoms with Gasteiger partial charge in [0, 0.05) is 6.54 Å². The maximum Gasteiger partial charge on any atom is 0.573 e. The maximum absolute atomic E-state index is 12.0. The Morgan fingerprint density at radius 3 is 2.55 bits per heavy atom. The van der Waals surface area contributed by atoms with Crippen LogP contribution in [0.15, 0.2) is 24.3 Å². The van der Waals surface area contributed by atoms with E-state index in [1.165, 1.54) is 24.3 Å². The van der Waals surface area contributed by atoms with Gasteiger partial charge in [-0.15, -0.1) is 13.2 Å². The van der Waals surface area contributed by atoms with Crippen LogP contribution < -0.4 is 15.4 Å². The Hall–Kier alpha value is -1.76. The molecule has 1 amide bonds. The first kappa shape index (κ1) is 14.6. The topological polar surface area (TPSA) is 50.4 Å². The molecule has 0 radical (unpaired) electrons. The predicted octanol–water partition coefficient (Wildman–Crippen LogP) is 1.61. The Labute approximate surface area is 114 Å². The summed E-state index contributed by atoms with van der Waals surface area (Å²) >= 11 is 0. The summed E-state index contributed by atoms with van der Waals surface area (Å²) in [6, 6.07) is 5.20. The van der Waals surface area contributed by atoms with Crippen LogP contribution in [0.4, 0.5) is 13.2 Å². The third-order valence-electron chi connectivity index (χ3n) is 2.96. The number of amides is 1. The molecule has 1 aromatic rings. The van der Waals surface area contributed by atoms with E-state index in [1.54, 1.807) is 0 Å². The smallest absolute Gasteiger partial charge is 0.406 e. The van der Waals surface area contributed by atoms with Gasteiger partial charge in [0.2, 0.25) is 5.91 Å². The summed E-state index contributed by atoms with van der Waals surface area (Å²) in [6.45, 7) is 1.37. The molecule has 0 aliphatic carbocycles.